The molecule has 3 rings (SSSR count). The Hall–Kier alpha value is -2.08. The monoisotopic (exact) mass is 333 g/mol. The molecular formula is C14H12BrN3O2. The minimum absolute atomic E-state index is 0.109. The van der Waals surface area contributed by atoms with Crippen LogP contribution in [0, 0.1) is 6.92 Å². The molecule has 0 radical (unpaired) electrons. The summed E-state index contributed by atoms with van der Waals surface area (Å²) in [6.07, 6.45) is 2.04. The third-order valence-corrected chi connectivity index (χ3v) is 3.44. The quantitative estimate of drug-likeness (QED) is 0.800. The molecule has 0 saturated heterocycles. The first kappa shape index (κ1) is 12.9. The van der Waals surface area contributed by atoms with E-state index in [1.54, 1.807) is 6.07 Å². The third kappa shape index (κ3) is 2.22. The molecule has 0 aliphatic carbocycles. The van der Waals surface area contributed by atoms with Gasteiger partial charge >= 0.3 is 0 Å². The van der Waals surface area contributed by atoms with Crippen molar-refractivity contribution in [3.8, 4) is 11.5 Å². The summed E-state index contributed by atoms with van der Waals surface area (Å²) >= 11 is 3.27. The lowest BCUT2D eigenvalue weighted by molar-refractivity contribution is -0.117. The van der Waals surface area contributed by atoms with E-state index in [0.717, 1.165) is 16.9 Å². The van der Waals surface area contributed by atoms with Gasteiger partial charge in [0.15, 0.2) is 10.4 Å². The van der Waals surface area contributed by atoms with Crippen LogP contribution in [-0.2, 0) is 11.2 Å². The van der Waals surface area contributed by atoms with Gasteiger partial charge in [-0.1, -0.05) is 6.07 Å². The molecule has 0 atom stereocenters. The van der Waals surface area contributed by atoms with Crippen LogP contribution in [0.15, 0.2) is 39.5 Å². The van der Waals surface area contributed by atoms with Crippen LogP contribution in [-0.4, -0.2) is 15.3 Å². The number of imidazole rings is 1. The Kier molecular flexibility index (Phi) is 3.10. The second kappa shape index (κ2) is 4.79. The second-order valence-corrected chi connectivity index (χ2v) is 5.37. The summed E-state index contributed by atoms with van der Waals surface area (Å²) in [5.41, 5.74) is 8.55. The van der Waals surface area contributed by atoms with Gasteiger partial charge in [0.05, 0.1) is 12.1 Å². The van der Waals surface area contributed by atoms with E-state index in [2.05, 4.69) is 20.9 Å². The van der Waals surface area contributed by atoms with E-state index in [0.29, 0.717) is 16.1 Å². The van der Waals surface area contributed by atoms with Crippen molar-refractivity contribution < 1.29 is 9.21 Å². The number of pyridine rings is 1. The summed E-state index contributed by atoms with van der Waals surface area (Å²) < 4.78 is 8.04. The van der Waals surface area contributed by atoms with Crippen LogP contribution in [0.5, 0.6) is 0 Å². The van der Waals surface area contributed by atoms with Crippen LogP contribution < -0.4 is 5.73 Å². The Morgan fingerprint density at radius 1 is 1.40 bits per heavy atom. The molecule has 102 valence electrons. The molecule has 1 amide bonds. The number of fused-ring (bicyclic) bond motifs is 1. The Morgan fingerprint density at radius 2 is 2.20 bits per heavy atom. The predicted octanol–water partition coefficient (Wildman–Crippen LogP) is 2.69. The van der Waals surface area contributed by atoms with Gasteiger partial charge in [-0.25, -0.2) is 4.98 Å². The molecule has 0 aromatic carbocycles. The van der Waals surface area contributed by atoms with Crippen molar-refractivity contribution in [2.45, 2.75) is 13.3 Å². The normalized spacial score (nSPS) is 11.1. The molecule has 3 aromatic heterocycles. The number of nitrogens with zero attached hydrogens (tertiary/aromatic N) is 2. The van der Waals surface area contributed by atoms with Crippen molar-refractivity contribution in [2.24, 2.45) is 5.73 Å². The van der Waals surface area contributed by atoms with E-state index in [1.807, 2.05) is 35.7 Å². The first-order valence-electron chi connectivity index (χ1n) is 6.06. The summed E-state index contributed by atoms with van der Waals surface area (Å²) in [7, 11) is 0. The van der Waals surface area contributed by atoms with Gasteiger partial charge in [0.1, 0.15) is 11.3 Å². The van der Waals surface area contributed by atoms with Crippen molar-refractivity contribution in [3.63, 3.8) is 0 Å². The maximum Gasteiger partial charge on any atom is 0.223 e. The molecule has 5 nitrogen and oxygen atoms in total. The number of carbonyl (C=O) groups is 1. The Balaban J connectivity index is 2.27. The summed E-state index contributed by atoms with van der Waals surface area (Å²) in [6.45, 7) is 1.98. The number of furan rings is 1. The number of aromatic nitrogens is 2. The van der Waals surface area contributed by atoms with Gasteiger partial charge in [-0.2, -0.15) is 0 Å². The Bertz CT molecular complexity index is 804. The number of amides is 1. The number of halogens is 1. The van der Waals surface area contributed by atoms with Crippen LogP contribution >= 0.6 is 15.9 Å². The fraction of sp³-hybridized carbons (Fsp3) is 0.143. The highest BCUT2D eigenvalue weighted by atomic mass is 79.9. The maximum absolute atomic E-state index is 11.3. The van der Waals surface area contributed by atoms with Gasteiger partial charge < -0.3 is 14.6 Å². The molecule has 2 N–H and O–H groups in total. The first-order valence-corrected chi connectivity index (χ1v) is 6.85. The molecule has 6 heteroatoms. The minimum Gasteiger partial charge on any atom is -0.448 e. The highest BCUT2D eigenvalue weighted by Gasteiger charge is 2.18. The second-order valence-electron chi connectivity index (χ2n) is 4.59. The van der Waals surface area contributed by atoms with E-state index in [4.69, 9.17) is 10.2 Å². The predicted molar refractivity (Wildman–Crippen MR) is 78.2 cm³/mol. The fourth-order valence-electron chi connectivity index (χ4n) is 2.17. The smallest absolute Gasteiger partial charge is 0.223 e. The van der Waals surface area contributed by atoms with Crippen molar-refractivity contribution in [1.82, 2.24) is 9.38 Å². The fourth-order valence-corrected chi connectivity index (χ4v) is 2.48. The zero-order valence-corrected chi connectivity index (χ0v) is 12.3. The molecule has 0 fully saturated rings. The molecule has 3 heterocycles. The summed E-state index contributed by atoms with van der Waals surface area (Å²) in [5.74, 6) is 0.203. The summed E-state index contributed by atoms with van der Waals surface area (Å²) in [6, 6.07) is 7.47. The van der Waals surface area contributed by atoms with E-state index >= 15 is 0 Å². The lowest BCUT2D eigenvalue weighted by Crippen LogP contribution is -2.15. The average Bonchev–Trinajstić information content (AvgIpc) is 2.94. The van der Waals surface area contributed by atoms with E-state index in [1.165, 1.54) is 0 Å². The lowest BCUT2D eigenvalue weighted by atomic mass is 10.2. The number of rotatable bonds is 3. The van der Waals surface area contributed by atoms with E-state index in [9.17, 15) is 4.79 Å². The minimum atomic E-state index is -0.403. The molecule has 0 spiro atoms. The van der Waals surface area contributed by atoms with Crippen LogP contribution in [0.3, 0.4) is 0 Å². The van der Waals surface area contributed by atoms with Crippen LogP contribution in [0.4, 0.5) is 0 Å². The van der Waals surface area contributed by atoms with Crippen molar-refractivity contribution >= 4 is 27.5 Å². The molecule has 0 aliphatic heterocycles. The van der Waals surface area contributed by atoms with E-state index in [-0.39, 0.29) is 6.42 Å². The van der Waals surface area contributed by atoms with Gasteiger partial charge in [-0.05, 0) is 46.6 Å². The average molecular weight is 334 g/mol. The highest BCUT2D eigenvalue weighted by Crippen LogP contribution is 2.28. The molecule has 3 aromatic rings. The van der Waals surface area contributed by atoms with Gasteiger partial charge in [0.25, 0.3) is 0 Å². The lowest BCUT2D eigenvalue weighted by Gasteiger charge is -2.02. The molecule has 0 unspecified atom stereocenters. The largest absolute Gasteiger partial charge is 0.448 e. The number of hydrogen-bond acceptors (Lipinski definition) is 3. The molecule has 0 saturated carbocycles. The molecular weight excluding hydrogens is 322 g/mol. The number of primary amides is 1. The maximum atomic E-state index is 11.3. The van der Waals surface area contributed by atoms with Crippen LogP contribution in [0.25, 0.3) is 17.1 Å². The van der Waals surface area contributed by atoms with Gasteiger partial charge in [-0.15, -0.1) is 0 Å². The first-order chi connectivity index (χ1) is 9.54. The zero-order valence-electron chi connectivity index (χ0n) is 10.8. The van der Waals surface area contributed by atoms with E-state index < -0.39 is 5.91 Å². The molecule has 0 bridgehead atoms. The third-order valence-electron chi connectivity index (χ3n) is 3.01. The highest BCUT2D eigenvalue weighted by molar-refractivity contribution is 9.10. The number of hydrogen-bond donors (Lipinski definition) is 1. The standard InChI is InChI=1S/C14H12BrN3O2/c1-8-2-5-13-17-14(10-3-4-11(15)20-10)9(6-12(16)19)18(13)7-8/h2-5,7H,6H2,1H3,(H2,16,19). The Labute approximate surface area is 123 Å². The molecule has 0 aliphatic rings. The van der Waals surface area contributed by atoms with Crippen LogP contribution in [0.1, 0.15) is 11.3 Å². The van der Waals surface area contributed by atoms with Crippen molar-refractivity contribution in [3.05, 3.63) is 46.4 Å². The number of aryl methyl sites for hydroxylation is 1. The van der Waals surface area contributed by atoms with Gasteiger partial charge in [0.2, 0.25) is 5.91 Å². The Morgan fingerprint density at radius 3 is 2.85 bits per heavy atom. The van der Waals surface area contributed by atoms with Gasteiger partial charge in [-0.3, -0.25) is 4.79 Å². The zero-order chi connectivity index (χ0) is 14.3. The SMILES string of the molecule is Cc1ccc2nc(-c3ccc(Br)o3)c(CC(N)=O)n2c1. The van der Waals surface area contributed by atoms with Crippen LogP contribution in [0.2, 0.25) is 0 Å². The number of nitrogens with two attached hydrogens (primary N) is 1. The topological polar surface area (TPSA) is 73.5 Å². The van der Waals surface area contributed by atoms with Crippen molar-refractivity contribution in [2.75, 3.05) is 0 Å². The van der Waals surface area contributed by atoms with Crippen molar-refractivity contribution in [1.29, 1.82) is 0 Å². The van der Waals surface area contributed by atoms with Gasteiger partial charge in [0, 0.05) is 6.20 Å². The summed E-state index contributed by atoms with van der Waals surface area (Å²) in [4.78, 5) is 15.9. The molecule has 20 heavy (non-hydrogen) atoms. The summed E-state index contributed by atoms with van der Waals surface area (Å²) in [5, 5.41) is 0. The number of carbonyl (C=O) groups excluding carboxylic acids is 1.